The molecule has 0 bridgehead atoms. The molecule has 0 saturated carbocycles. The summed E-state index contributed by atoms with van der Waals surface area (Å²) in [5.41, 5.74) is 0.452. The van der Waals surface area contributed by atoms with Crippen LogP contribution in [-0.2, 0) is 6.18 Å². The third-order valence-corrected chi connectivity index (χ3v) is 4.57. The summed E-state index contributed by atoms with van der Waals surface area (Å²) in [6.07, 6.45) is -3.48. The quantitative estimate of drug-likeness (QED) is 0.252. The van der Waals surface area contributed by atoms with Crippen LogP contribution in [0.3, 0.4) is 0 Å². The minimum atomic E-state index is -4.64. The van der Waals surface area contributed by atoms with Gasteiger partial charge in [0.15, 0.2) is 4.84 Å². The van der Waals surface area contributed by atoms with E-state index in [0.29, 0.717) is 17.2 Å². The number of hydrogen-bond acceptors (Lipinski definition) is 5. The standard InChI is InChI=1S/C19H9Cl2F4N3O2/c20-16(21)18-26-17(28-30-18)10-3-1-9(2-4-10)15-13(8-29-27-15)12-6-5-11(7-14(12)22)19(23,24)25/h1-8,16H. The second kappa shape index (κ2) is 7.73. The molecule has 30 heavy (non-hydrogen) atoms. The molecule has 0 aliphatic carbocycles. The SMILES string of the molecule is Fc1cc(C(F)(F)F)ccc1-c1conc1-c1ccc(-c2noc(C(Cl)Cl)n2)cc1. The van der Waals surface area contributed by atoms with Crippen LogP contribution >= 0.6 is 23.2 Å². The van der Waals surface area contributed by atoms with Crippen LogP contribution in [0.15, 0.2) is 57.8 Å². The van der Waals surface area contributed by atoms with Crippen molar-refractivity contribution < 1.29 is 26.6 Å². The molecule has 154 valence electrons. The number of nitrogens with zero attached hydrogens (tertiary/aromatic N) is 3. The van der Waals surface area contributed by atoms with Gasteiger partial charge in [0.25, 0.3) is 5.89 Å². The Kier molecular flexibility index (Phi) is 5.25. The Morgan fingerprint density at radius 2 is 1.60 bits per heavy atom. The normalized spacial score (nSPS) is 12.0. The first-order valence-corrected chi connectivity index (χ1v) is 9.15. The van der Waals surface area contributed by atoms with Crippen LogP contribution in [0.25, 0.3) is 33.8 Å². The lowest BCUT2D eigenvalue weighted by Gasteiger charge is -2.09. The summed E-state index contributed by atoms with van der Waals surface area (Å²) in [5.74, 6) is -0.729. The second-order valence-electron chi connectivity index (χ2n) is 6.10. The fourth-order valence-electron chi connectivity index (χ4n) is 2.76. The highest BCUT2D eigenvalue weighted by molar-refractivity contribution is 6.43. The summed E-state index contributed by atoms with van der Waals surface area (Å²) in [7, 11) is 0. The van der Waals surface area contributed by atoms with Gasteiger partial charge < -0.3 is 9.05 Å². The summed E-state index contributed by atoms with van der Waals surface area (Å²) in [6, 6.07) is 8.88. The maximum Gasteiger partial charge on any atom is 0.416 e. The van der Waals surface area contributed by atoms with Gasteiger partial charge in [0.1, 0.15) is 17.8 Å². The largest absolute Gasteiger partial charge is 0.416 e. The van der Waals surface area contributed by atoms with Gasteiger partial charge >= 0.3 is 6.18 Å². The molecule has 5 nitrogen and oxygen atoms in total. The maximum absolute atomic E-state index is 14.4. The Bertz CT molecular complexity index is 1190. The molecule has 0 saturated heterocycles. The number of aromatic nitrogens is 3. The van der Waals surface area contributed by atoms with E-state index in [2.05, 4.69) is 15.3 Å². The second-order valence-corrected chi connectivity index (χ2v) is 7.20. The molecule has 2 heterocycles. The highest BCUT2D eigenvalue weighted by Gasteiger charge is 2.31. The van der Waals surface area contributed by atoms with Crippen LogP contribution in [0.2, 0.25) is 0 Å². The van der Waals surface area contributed by atoms with E-state index in [1.807, 2.05) is 0 Å². The average molecular weight is 458 g/mol. The highest BCUT2D eigenvalue weighted by atomic mass is 35.5. The summed E-state index contributed by atoms with van der Waals surface area (Å²) in [4.78, 5) is 3.10. The van der Waals surface area contributed by atoms with Crippen molar-refractivity contribution in [1.82, 2.24) is 15.3 Å². The van der Waals surface area contributed by atoms with Gasteiger partial charge in [-0.25, -0.2) is 4.39 Å². The molecule has 0 unspecified atom stereocenters. The minimum absolute atomic E-state index is 0.0500. The first-order valence-electron chi connectivity index (χ1n) is 8.28. The molecule has 0 N–H and O–H groups in total. The Balaban J connectivity index is 1.66. The topological polar surface area (TPSA) is 65.0 Å². The zero-order valence-corrected chi connectivity index (χ0v) is 16.1. The third kappa shape index (κ3) is 3.90. The van der Waals surface area contributed by atoms with E-state index in [4.69, 9.17) is 32.2 Å². The fraction of sp³-hybridized carbons (Fsp3) is 0.105. The zero-order chi connectivity index (χ0) is 21.5. The van der Waals surface area contributed by atoms with Gasteiger partial charge in [-0.3, -0.25) is 0 Å². The predicted octanol–water partition coefficient (Wildman–Crippen LogP) is 6.69. The molecular formula is C19H9Cl2F4N3O2. The molecular weight excluding hydrogens is 449 g/mol. The van der Waals surface area contributed by atoms with Crippen LogP contribution in [0.5, 0.6) is 0 Å². The summed E-state index contributed by atoms with van der Waals surface area (Å²) in [6.45, 7) is 0. The summed E-state index contributed by atoms with van der Waals surface area (Å²) >= 11 is 11.4. The van der Waals surface area contributed by atoms with Crippen molar-refractivity contribution in [3.63, 3.8) is 0 Å². The van der Waals surface area contributed by atoms with Crippen molar-refractivity contribution >= 4 is 23.2 Å². The minimum Gasteiger partial charge on any atom is -0.363 e. The molecule has 0 fully saturated rings. The molecule has 4 rings (SSSR count). The number of hydrogen-bond donors (Lipinski definition) is 0. The van der Waals surface area contributed by atoms with E-state index in [9.17, 15) is 17.6 Å². The van der Waals surface area contributed by atoms with Crippen LogP contribution in [-0.4, -0.2) is 15.3 Å². The van der Waals surface area contributed by atoms with E-state index in [-0.39, 0.29) is 28.5 Å². The zero-order valence-electron chi connectivity index (χ0n) is 14.6. The van der Waals surface area contributed by atoms with Crippen molar-refractivity contribution in [3.8, 4) is 33.8 Å². The molecule has 0 amide bonds. The lowest BCUT2D eigenvalue weighted by molar-refractivity contribution is -0.137. The number of benzene rings is 2. The average Bonchev–Trinajstić information content (AvgIpc) is 3.37. The molecule has 2 aromatic carbocycles. The van der Waals surface area contributed by atoms with Crippen LogP contribution in [0, 0.1) is 5.82 Å². The highest BCUT2D eigenvalue weighted by Crippen LogP contribution is 2.36. The maximum atomic E-state index is 14.4. The Labute approximate surface area is 176 Å². The van der Waals surface area contributed by atoms with Crippen molar-refractivity contribution in [2.75, 3.05) is 0 Å². The Hall–Kier alpha value is -2.91. The van der Waals surface area contributed by atoms with E-state index in [1.165, 1.54) is 6.26 Å². The molecule has 4 aromatic rings. The molecule has 0 aliphatic rings. The van der Waals surface area contributed by atoms with Gasteiger partial charge in [-0.05, 0) is 12.1 Å². The van der Waals surface area contributed by atoms with E-state index < -0.39 is 22.4 Å². The molecule has 0 radical (unpaired) electrons. The van der Waals surface area contributed by atoms with Gasteiger partial charge in [0, 0.05) is 16.7 Å². The van der Waals surface area contributed by atoms with Crippen LogP contribution < -0.4 is 0 Å². The van der Waals surface area contributed by atoms with E-state index >= 15 is 0 Å². The first kappa shape index (κ1) is 20.4. The monoisotopic (exact) mass is 457 g/mol. The predicted molar refractivity (Wildman–Crippen MR) is 100 cm³/mol. The number of alkyl halides is 5. The summed E-state index contributed by atoms with van der Waals surface area (Å²) < 4.78 is 62.6. The van der Waals surface area contributed by atoms with E-state index in [0.717, 1.165) is 12.1 Å². The van der Waals surface area contributed by atoms with Gasteiger partial charge in [-0.15, -0.1) is 0 Å². The van der Waals surface area contributed by atoms with E-state index in [1.54, 1.807) is 24.3 Å². The molecule has 0 atom stereocenters. The number of halogens is 6. The smallest absolute Gasteiger partial charge is 0.363 e. The first-order chi connectivity index (χ1) is 14.2. The van der Waals surface area contributed by atoms with Crippen molar-refractivity contribution in [1.29, 1.82) is 0 Å². The van der Waals surface area contributed by atoms with Crippen LogP contribution in [0.1, 0.15) is 16.3 Å². The van der Waals surface area contributed by atoms with Gasteiger partial charge in [-0.2, -0.15) is 18.2 Å². The van der Waals surface area contributed by atoms with Crippen LogP contribution in [0.4, 0.5) is 17.6 Å². The summed E-state index contributed by atoms with van der Waals surface area (Å²) in [5, 5.41) is 7.63. The molecule has 0 aliphatic heterocycles. The van der Waals surface area contributed by atoms with Gasteiger partial charge in [0.2, 0.25) is 5.82 Å². The fourth-order valence-corrected chi connectivity index (χ4v) is 2.94. The Morgan fingerprint density at radius 3 is 2.20 bits per heavy atom. The Morgan fingerprint density at radius 1 is 0.900 bits per heavy atom. The lowest BCUT2D eigenvalue weighted by atomic mass is 9.99. The number of rotatable bonds is 4. The lowest BCUT2D eigenvalue weighted by Crippen LogP contribution is -2.05. The van der Waals surface area contributed by atoms with Gasteiger partial charge in [-0.1, -0.05) is 63.8 Å². The molecule has 2 aromatic heterocycles. The molecule has 11 heteroatoms. The molecule has 0 spiro atoms. The van der Waals surface area contributed by atoms with Gasteiger partial charge in [0.05, 0.1) is 11.1 Å². The van der Waals surface area contributed by atoms with Crippen molar-refractivity contribution in [3.05, 3.63) is 66.0 Å². The third-order valence-electron chi connectivity index (χ3n) is 4.20. The van der Waals surface area contributed by atoms with Crippen molar-refractivity contribution in [2.24, 2.45) is 0 Å². The van der Waals surface area contributed by atoms with Crippen molar-refractivity contribution in [2.45, 2.75) is 11.0 Å².